The van der Waals surface area contributed by atoms with E-state index in [2.05, 4.69) is 0 Å². The van der Waals surface area contributed by atoms with Gasteiger partial charge in [-0.3, -0.25) is 24.1 Å². The van der Waals surface area contributed by atoms with Crippen molar-refractivity contribution >= 4 is 136 Å². The molecule has 0 spiro atoms. The number of ether oxygens (including phenoxy) is 9. The molecule has 5 aromatic carbocycles. The predicted molar refractivity (Wildman–Crippen MR) is 361 cm³/mol. The fourth-order valence-corrected chi connectivity index (χ4v) is 12.8. The molecule has 2 unspecified atom stereocenters. The van der Waals surface area contributed by atoms with Crippen LogP contribution in [0.25, 0.3) is 11.1 Å². The van der Waals surface area contributed by atoms with Gasteiger partial charge in [0.05, 0.1) is 100 Å². The Bertz CT molecular complexity index is 3790. The van der Waals surface area contributed by atoms with E-state index in [4.69, 9.17) is 117 Å². The summed E-state index contributed by atoms with van der Waals surface area (Å²) in [6, 6.07) is 25.0. The summed E-state index contributed by atoms with van der Waals surface area (Å²) in [6.45, 7) is 9.29. The Labute approximate surface area is 579 Å². The normalized spacial score (nSPS) is 18.6. The zero-order valence-corrected chi connectivity index (χ0v) is 58.5. The fourth-order valence-electron chi connectivity index (χ4n) is 11.2. The van der Waals surface area contributed by atoms with E-state index >= 15 is 4.79 Å². The van der Waals surface area contributed by atoms with Gasteiger partial charge in [-0.05, 0) is 102 Å². The average molecular weight is 1450 g/mol. The van der Waals surface area contributed by atoms with E-state index in [1.54, 1.807) is 72.9 Å². The first-order valence-electron chi connectivity index (χ1n) is 30.1. The minimum Gasteiger partial charge on any atom is -0.497 e. The molecule has 95 heavy (non-hydrogen) atoms. The summed E-state index contributed by atoms with van der Waals surface area (Å²) < 4.78 is 55.7. The molecule has 5 heterocycles. The van der Waals surface area contributed by atoms with Crippen LogP contribution in [0.3, 0.4) is 0 Å². The number of imide groups is 1. The number of hydrogen-bond donors (Lipinski definition) is 1. The van der Waals surface area contributed by atoms with Gasteiger partial charge in [-0.1, -0.05) is 127 Å². The van der Waals surface area contributed by atoms with E-state index in [1.165, 1.54) is 53.2 Å². The number of alkyl halides is 6. The van der Waals surface area contributed by atoms with Crippen LogP contribution in [0.1, 0.15) is 92.6 Å². The summed E-state index contributed by atoms with van der Waals surface area (Å²) in [5, 5.41) is 11.7. The molecule has 0 aromatic heterocycles. The van der Waals surface area contributed by atoms with Crippen molar-refractivity contribution in [2.45, 2.75) is 90.3 Å². The Morgan fingerprint density at radius 2 is 1.02 bits per heavy atom. The number of halogens is 6. The van der Waals surface area contributed by atoms with E-state index in [0.717, 1.165) is 21.6 Å². The van der Waals surface area contributed by atoms with Gasteiger partial charge < -0.3 is 62.0 Å². The highest BCUT2D eigenvalue weighted by Crippen LogP contribution is 2.49. The molecule has 5 aliphatic rings. The summed E-state index contributed by atoms with van der Waals surface area (Å²) in [5.74, 6) is -0.203. The molecule has 0 bridgehead atoms. The van der Waals surface area contributed by atoms with Crippen LogP contribution in [0.4, 0.5) is 21.0 Å². The highest BCUT2D eigenvalue weighted by Gasteiger charge is 2.52. The number of anilines is 2. The van der Waals surface area contributed by atoms with Crippen LogP contribution in [0.15, 0.2) is 109 Å². The van der Waals surface area contributed by atoms with Crippen molar-refractivity contribution in [2.75, 3.05) is 83.9 Å². The fraction of sp³-hybridized carbons (Fsp3) is 0.394. The highest BCUT2D eigenvalue weighted by molar-refractivity contribution is 6.74. The number of carbonyl (C=O) groups is 6. The maximum atomic E-state index is 15.3. The minimum absolute atomic E-state index is 0.0279. The topological polar surface area (TPSA) is 231 Å². The van der Waals surface area contributed by atoms with E-state index in [1.807, 2.05) is 58.1 Å². The largest absolute Gasteiger partial charge is 0.497 e. The molecule has 29 heteroatoms. The molecule has 0 fully saturated rings. The zero-order chi connectivity index (χ0) is 68.5. The summed E-state index contributed by atoms with van der Waals surface area (Å²) in [7, 11) is 1.44. The van der Waals surface area contributed by atoms with Crippen molar-refractivity contribution in [1.82, 2.24) is 14.7 Å². The molecule has 1 N–H and O–H groups in total. The number of carbonyl (C=O) groups excluding carboxylic acids is 6. The van der Waals surface area contributed by atoms with E-state index in [-0.39, 0.29) is 116 Å². The Balaban J connectivity index is 0.879. The number of fused-ring (bicyclic) bond motifs is 5. The van der Waals surface area contributed by atoms with Gasteiger partial charge in [0.15, 0.2) is 43.8 Å². The number of methoxy groups -OCH3 is 3. The van der Waals surface area contributed by atoms with Crippen LogP contribution in [-0.2, 0) is 18.6 Å². The van der Waals surface area contributed by atoms with Crippen LogP contribution in [-0.4, -0.2) is 170 Å². The lowest BCUT2D eigenvalue weighted by Crippen LogP contribution is -2.58. The third-order valence-corrected chi connectivity index (χ3v) is 22.1. The lowest BCUT2D eigenvalue weighted by molar-refractivity contribution is 0.0527. The van der Waals surface area contributed by atoms with Crippen molar-refractivity contribution in [2.24, 2.45) is 0 Å². The van der Waals surface area contributed by atoms with Gasteiger partial charge in [0.25, 0.3) is 23.6 Å². The first-order chi connectivity index (χ1) is 45.0. The number of hydrogen-bond acceptors (Lipinski definition) is 17. The van der Waals surface area contributed by atoms with Crippen molar-refractivity contribution < 1.29 is 80.9 Å². The third-order valence-electron chi connectivity index (χ3n) is 17.0. The van der Waals surface area contributed by atoms with E-state index in [9.17, 15) is 29.1 Å². The minimum atomic E-state index is -2.88. The maximum absolute atomic E-state index is 15.3. The molecule has 4 atom stereocenters. The molecule has 506 valence electrons. The molecule has 0 aliphatic carbocycles. The lowest BCUT2D eigenvalue weighted by atomic mass is 10.0. The average Bonchev–Trinajstić information content (AvgIpc) is 1.49. The lowest BCUT2D eigenvalue weighted by Gasteiger charge is -2.44. The number of aliphatic hydroxyl groups excluding tert-OH is 1. The van der Waals surface area contributed by atoms with Gasteiger partial charge in [0, 0.05) is 31.0 Å². The van der Waals surface area contributed by atoms with Crippen molar-refractivity contribution in [3.8, 4) is 34.5 Å². The van der Waals surface area contributed by atoms with Crippen LogP contribution in [0.2, 0.25) is 18.1 Å². The predicted octanol–water partition coefficient (Wildman–Crippen LogP) is 13.1. The molecule has 0 saturated carbocycles. The van der Waals surface area contributed by atoms with E-state index < -0.39 is 82.7 Å². The second-order valence-corrected chi connectivity index (χ2v) is 33.9. The highest BCUT2D eigenvalue weighted by atomic mass is 35.6. The Kier molecular flexibility index (Phi) is 21.5. The Hall–Kier alpha value is -7.16. The molecule has 0 radical (unpaired) electrons. The summed E-state index contributed by atoms with van der Waals surface area (Å²) in [5.41, 5.74) is 3.65. The van der Waals surface area contributed by atoms with E-state index in [0.29, 0.717) is 28.2 Å². The van der Waals surface area contributed by atoms with Crippen molar-refractivity contribution in [3.05, 3.63) is 143 Å². The van der Waals surface area contributed by atoms with Gasteiger partial charge in [0.2, 0.25) is 7.59 Å². The van der Waals surface area contributed by atoms with Crippen LogP contribution in [0, 0.1) is 0 Å². The molecule has 6 amide bonds. The molecule has 22 nitrogen and oxygen atoms in total. The molecular weight excluding hydrogens is 1380 g/mol. The maximum Gasteiger partial charge on any atom is 0.416 e. The third kappa shape index (κ3) is 15.5. The van der Waals surface area contributed by atoms with Gasteiger partial charge >= 0.3 is 12.2 Å². The monoisotopic (exact) mass is 1440 g/mol. The summed E-state index contributed by atoms with van der Waals surface area (Å²) in [4.78, 5) is 90.6. The van der Waals surface area contributed by atoms with Gasteiger partial charge in [-0.15, -0.1) is 0 Å². The Morgan fingerprint density at radius 1 is 0.547 bits per heavy atom. The molecule has 10 rings (SSSR count). The number of rotatable bonds is 22. The second kappa shape index (κ2) is 28.9. The van der Waals surface area contributed by atoms with Crippen LogP contribution < -0.4 is 38.2 Å². The number of benzene rings is 5. The standard InChI is InChI=1S/C66H69Cl6N5O17Si/c1-64(2,3)95(7,8)94-61-51-29-41(39-16-20-43(21-17-39)89-27-26-88-25-22-73-56(78)44-12-9-10-13-45(44)57(73)79)35-75(51)59(81)47-31-53(87-6)55(33-49(47)77(61)63(84)93-37-66(70,71)72)91-24-11-23-90-54-32-48-46(30-52(54)86-5)58(80)74-34-40(38-14-18-42(85-4)19-15-38)28-50(74)60(82)76(48)62(83)92-36-65(67,68)69/h9-10,12-21,30-35,50-51,60-61,82H,11,22-29,36-37H2,1-8H3/t50?,51?,60-,61-/m1/s1. The first kappa shape index (κ1) is 70.6. The van der Waals surface area contributed by atoms with Gasteiger partial charge in [-0.2, -0.15) is 0 Å². The van der Waals surface area contributed by atoms with Crippen molar-refractivity contribution in [3.63, 3.8) is 0 Å². The summed E-state index contributed by atoms with van der Waals surface area (Å²) in [6.07, 6.45) is -1.11. The van der Waals surface area contributed by atoms with Crippen LogP contribution in [0.5, 0.6) is 34.5 Å². The molecule has 5 aliphatic heterocycles. The van der Waals surface area contributed by atoms with Crippen LogP contribution >= 0.6 is 69.6 Å². The zero-order valence-electron chi connectivity index (χ0n) is 53.0. The SMILES string of the molecule is COc1ccc(C2=CN3C(=O)c4cc(OC)c(OCCCOc5cc6c(cc5OC)C(=O)N5C=C(c7ccc(OCCOCCN8C(=O)c9ccccc9C8=O)cc7)CC5[C@@H](O[Si](C)(C)C(C)(C)C)N6C(=O)OCC(Cl)(Cl)Cl)cc4N(C(=O)OCC(Cl)(Cl)Cl)[C@H](O)C3C2)cc1. The number of aliphatic hydroxyl groups is 1. The smallest absolute Gasteiger partial charge is 0.416 e. The molecule has 0 saturated heterocycles. The summed E-state index contributed by atoms with van der Waals surface area (Å²) >= 11 is 36.5. The number of nitrogens with zero attached hydrogens (tertiary/aromatic N) is 5. The van der Waals surface area contributed by atoms with Crippen molar-refractivity contribution in [1.29, 1.82) is 0 Å². The number of amides is 6. The second-order valence-electron chi connectivity index (χ2n) is 24.2. The quantitative estimate of drug-likeness (QED) is 0.0294. The van der Waals surface area contributed by atoms with Gasteiger partial charge in [0.1, 0.15) is 31.3 Å². The molecular formula is C66H69Cl6N5O17Si. The van der Waals surface area contributed by atoms with Gasteiger partial charge in [-0.25, -0.2) is 19.4 Å². The molecule has 5 aromatic rings. The Morgan fingerprint density at radius 3 is 1.51 bits per heavy atom. The first-order valence-corrected chi connectivity index (χ1v) is 35.3.